The first kappa shape index (κ1) is 20.2. The number of esters is 1. The second-order valence-electron chi connectivity index (χ2n) is 6.59. The third-order valence-corrected chi connectivity index (χ3v) is 6.76. The number of benzene rings is 1. The number of ether oxygens (including phenoxy) is 1. The van der Waals surface area contributed by atoms with E-state index >= 15 is 0 Å². The van der Waals surface area contributed by atoms with E-state index in [0.29, 0.717) is 5.57 Å². The first-order chi connectivity index (χ1) is 12.1. The fourth-order valence-corrected chi connectivity index (χ4v) is 4.76. The summed E-state index contributed by atoms with van der Waals surface area (Å²) in [4.78, 5) is 24.9. The van der Waals surface area contributed by atoms with Crippen molar-refractivity contribution in [1.29, 1.82) is 0 Å². The fraction of sp³-hybridized carbons (Fsp3) is 0.474. The Morgan fingerprint density at radius 1 is 1.15 bits per heavy atom. The van der Waals surface area contributed by atoms with Gasteiger partial charge in [-0.25, -0.2) is 12.7 Å². The Morgan fingerprint density at radius 3 is 2.27 bits per heavy atom. The number of carbonyl (C=O) groups excluding carboxylic acids is 2. The van der Waals surface area contributed by atoms with Gasteiger partial charge in [0.1, 0.15) is 0 Å². The van der Waals surface area contributed by atoms with Gasteiger partial charge in [-0.15, -0.1) is 0 Å². The van der Waals surface area contributed by atoms with Gasteiger partial charge >= 0.3 is 5.97 Å². The largest absolute Gasteiger partial charge is 0.466 e. The van der Waals surface area contributed by atoms with Crippen LogP contribution < -0.4 is 0 Å². The molecule has 1 aliphatic rings. The second kappa shape index (κ2) is 7.61. The highest BCUT2D eigenvalue weighted by Crippen LogP contribution is 2.35. The lowest BCUT2D eigenvalue weighted by atomic mass is 9.85. The molecule has 0 bridgehead atoms. The maximum atomic E-state index is 13.2. The van der Waals surface area contributed by atoms with Crippen molar-refractivity contribution in [3.63, 3.8) is 0 Å². The number of hydrogen-bond acceptors (Lipinski definition) is 5. The van der Waals surface area contributed by atoms with Crippen molar-refractivity contribution in [3.05, 3.63) is 41.0 Å². The molecule has 2 atom stereocenters. The zero-order chi connectivity index (χ0) is 19.6. The highest BCUT2D eigenvalue weighted by Gasteiger charge is 2.44. The Labute approximate surface area is 154 Å². The molecule has 142 valence electrons. The average molecular weight is 379 g/mol. The highest BCUT2D eigenvalue weighted by atomic mass is 32.2. The summed E-state index contributed by atoms with van der Waals surface area (Å²) in [6.07, 6.45) is -0.170. The van der Waals surface area contributed by atoms with E-state index in [1.807, 2.05) is 13.8 Å². The van der Waals surface area contributed by atoms with Crippen molar-refractivity contribution in [2.24, 2.45) is 5.92 Å². The third kappa shape index (κ3) is 3.67. The lowest BCUT2D eigenvalue weighted by Crippen LogP contribution is -2.52. The summed E-state index contributed by atoms with van der Waals surface area (Å²) < 4.78 is 32.2. The molecule has 0 unspecified atom stereocenters. The standard InChI is InChI=1S/C19H25NO5S/c1-6-25-18(21)11-17-14(4)13(3)15(5)19(22)20(17)26(23,24)16-9-7-12(2)8-10-16/h7-10,14,17H,6,11H2,1-5H3/t14-,17+/m0/s1. The van der Waals surface area contributed by atoms with E-state index in [4.69, 9.17) is 4.74 Å². The summed E-state index contributed by atoms with van der Waals surface area (Å²) in [7, 11) is -4.09. The van der Waals surface area contributed by atoms with Crippen LogP contribution in [0.3, 0.4) is 0 Å². The molecular weight excluding hydrogens is 354 g/mol. The smallest absolute Gasteiger partial charge is 0.307 e. The molecule has 2 rings (SSSR count). The predicted octanol–water partition coefficient (Wildman–Crippen LogP) is 2.82. The van der Waals surface area contributed by atoms with E-state index in [1.165, 1.54) is 12.1 Å². The molecule has 1 aromatic carbocycles. The van der Waals surface area contributed by atoms with E-state index in [0.717, 1.165) is 15.4 Å². The molecule has 0 aliphatic carbocycles. The summed E-state index contributed by atoms with van der Waals surface area (Å²) in [6, 6.07) is 5.50. The van der Waals surface area contributed by atoms with E-state index in [1.54, 1.807) is 32.9 Å². The zero-order valence-corrected chi connectivity index (χ0v) is 16.6. The molecule has 0 spiro atoms. The van der Waals surface area contributed by atoms with Gasteiger partial charge in [-0.2, -0.15) is 0 Å². The lowest BCUT2D eigenvalue weighted by Gasteiger charge is -2.39. The molecule has 0 fully saturated rings. The van der Waals surface area contributed by atoms with Crippen LogP contribution in [0.15, 0.2) is 40.3 Å². The SMILES string of the molecule is CCOC(=O)C[C@@H]1[C@@H](C)C(C)=C(C)C(=O)N1S(=O)(=O)c1ccc(C)cc1. The van der Waals surface area contributed by atoms with Gasteiger partial charge in [0, 0.05) is 5.57 Å². The molecule has 1 aromatic rings. The molecule has 0 radical (unpaired) electrons. The molecule has 26 heavy (non-hydrogen) atoms. The topological polar surface area (TPSA) is 80.8 Å². The van der Waals surface area contributed by atoms with Gasteiger partial charge in [-0.3, -0.25) is 9.59 Å². The predicted molar refractivity (Wildman–Crippen MR) is 97.8 cm³/mol. The molecule has 1 heterocycles. The summed E-state index contributed by atoms with van der Waals surface area (Å²) in [5.41, 5.74) is 2.10. The van der Waals surface area contributed by atoms with Crippen LogP contribution in [0.2, 0.25) is 0 Å². The maximum Gasteiger partial charge on any atom is 0.307 e. The normalized spacial score (nSPS) is 21.1. The summed E-state index contributed by atoms with van der Waals surface area (Å²) >= 11 is 0. The van der Waals surface area contributed by atoms with Crippen LogP contribution in [0.1, 0.15) is 39.7 Å². The number of carbonyl (C=O) groups is 2. The molecule has 1 aliphatic heterocycles. The van der Waals surface area contributed by atoms with Crippen molar-refractivity contribution in [2.75, 3.05) is 6.61 Å². The van der Waals surface area contributed by atoms with Gasteiger partial charge in [0.15, 0.2) is 0 Å². The van der Waals surface area contributed by atoms with E-state index in [2.05, 4.69) is 0 Å². The van der Waals surface area contributed by atoms with Crippen molar-refractivity contribution >= 4 is 21.9 Å². The molecule has 0 N–H and O–H groups in total. The fourth-order valence-electron chi connectivity index (χ4n) is 3.08. The van der Waals surface area contributed by atoms with Crippen LogP contribution in [-0.4, -0.2) is 37.2 Å². The first-order valence-corrected chi connectivity index (χ1v) is 10.0. The van der Waals surface area contributed by atoms with Crippen LogP contribution in [0, 0.1) is 12.8 Å². The molecule has 0 saturated carbocycles. The maximum absolute atomic E-state index is 13.2. The average Bonchev–Trinajstić information content (AvgIpc) is 2.58. The van der Waals surface area contributed by atoms with Crippen LogP contribution in [-0.2, 0) is 24.3 Å². The Morgan fingerprint density at radius 2 is 1.73 bits per heavy atom. The Hall–Kier alpha value is -2.15. The zero-order valence-electron chi connectivity index (χ0n) is 15.8. The Bertz CT molecular complexity index is 839. The van der Waals surface area contributed by atoms with Crippen LogP contribution in [0.5, 0.6) is 0 Å². The van der Waals surface area contributed by atoms with Crippen molar-refractivity contribution < 1.29 is 22.7 Å². The van der Waals surface area contributed by atoms with Crippen molar-refractivity contribution in [3.8, 4) is 0 Å². The monoisotopic (exact) mass is 379 g/mol. The van der Waals surface area contributed by atoms with Crippen molar-refractivity contribution in [1.82, 2.24) is 4.31 Å². The number of aryl methyl sites for hydroxylation is 1. The number of nitrogens with zero attached hydrogens (tertiary/aromatic N) is 1. The van der Waals surface area contributed by atoms with Gasteiger partial charge in [-0.05, 0) is 45.7 Å². The molecule has 1 amide bonds. The number of hydrogen-bond donors (Lipinski definition) is 0. The highest BCUT2D eigenvalue weighted by molar-refractivity contribution is 7.89. The van der Waals surface area contributed by atoms with Gasteiger partial charge in [0.2, 0.25) is 0 Å². The van der Waals surface area contributed by atoms with E-state index in [9.17, 15) is 18.0 Å². The quantitative estimate of drug-likeness (QED) is 0.735. The lowest BCUT2D eigenvalue weighted by molar-refractivity contribution is -0.145. The minimum Gasteiger partial charge on any atom is -0.466 e. The van der Waals surface area contributed by atoms with Crippen LogP contribution in [0.25, 0.3) is 0 Å². The summed E-state index contributed by atoms with van der Waals surface area (Å²) in [5.74, 6) is -1.39. The third-order valence-electron chi connectivity index (χ3n) is 4.93. The number of amides is 1. The van der Waals surface area contributed by atoms with E-state index in [-0.39, 0.29) is 23.8 Å². The minimum absolute atomic E-state index is 0.0323. The van der Waals surface area contributed by atoms with Crippen LogP contribution in [0.4, 0.5) is 0 Å². The van der Waals surface area contributed by atoms with Gasteiger partial charge in [0.25, 0.3) is 15.9 Å². The summed E-state index contributed by atoms with van der Waals surface area (Å²) in [6.45, 7) is 8.98. The van der Waals surface area contributed by atoms with Crippen molar-refractivity contribution in [2.45, 2.75) is 52.0 Å². The van der Waals surface area contributed by atoms with E-state index < -0.39 is 27.9 Å². The van der Waals surface area contributed by atoms with Gasteiger partial charge in [-0.1, -0.05) is 30.2 Å². The Balaban J connectivity index is 2.54. The number of rotatable bonds is 5. The molecular formula is C19H25NO5S. The minimum atomic E-state index is -4.09. The van der Waals surface area contributed by atoms with Gasteiger partial charge < -0.3 is 4.74 Å². The molecule has 0 saturated heterocycles. The molecule has 0 aromatic heterocycles. The molecule has 7 heteroatoms. The number of sulfonamides is 1. The first-order valence-electron chi connectivity index (χ1n) is 8.59. The second-order valence-corrected chi connectivity index (χ2v) is 8.41. The van der Waals surface area contributed by atoms with Crippen LogP contribution >= 0.6 is 0 Å². The Kier molecular flexibility index (Phi) is 5.91. The van der Waals surface area contributed by atoms with Gasteiger partial charge in [0.05, 0.1) is 24.0 Å². The summed E-state index contributed by atoms with van der Waals surface area (Å²) in [5, 5.41) is 0. The molecule has 6 nitrogen and oxygen atoms in total.